The van der Waals surface area contributed by atoms with E-state index < -0.39 is 0 Å². The number of nitrogens with one attached hydrogen (secondary N) is 2. The van der Waals surface area contributed by atoms with Gasteiger partial charge in [-0.2, -0.15) is 0 Å². The van der Waals surface area contributed by atoms with E-state index in [1.807, 2.05) is 28.5 Å². The van der Waals surface area contributed by atoms with Crippen LogP contribution in [0.5, 0.6) is 5.75 Å². The van der Waals surface area contributed by atoms with Crippen molar-refractivity contribution in [3.8, 4) is 5.75 Å². The molecule has 1 saturated heterocycles. The number of ether oxygens (including phenoxy) is 1. The van der Waals surface area contributed by atoms with E-state index in [0.717, 1.165) is 42.7 Å². The van der Waals surface area contributed by atoms with Crippen molar-refractivity contribution in [1.82, 2.24) is 10.2 Å². The number of rotatable bonds is 7. The largest absolute Gasteiger partial charge is 0.497 e. The maximum atomic E-state index is 13.3. The average molecular weight is 576 g/mol. The van der Waals surface area contributed by atoms with Crippen molar-refractivity contribution in [2.45, 2.75) is 44.2 Å². The number of amides is 3. The average Bonchev–Trinajstić information content (AvgIpc) is 3.43. The molecule has 1 aromatic heterocycles. The van der Waals surface area contributed by atoms with Crippen LogP contribution in [0.15, 0.2) is 60.0 Å². The van der Waals surface area contributed by atoms with Gasteiger partial charge in [0.15, 0.2) is 0 Å². The summed E-state index contributed by atoms with van der Waals surface area (Å²) in [6, 6.07) is 16.4. The highest BCUT2D eigenvalue weighted by Gasteiger charge is 2.25. The Hall–Kier alpha value is -3.89. The minimum atomic E-state index is -0.298. The summed E-state index contributed by atoms with van der Waals surface area (Å²) in [5.41, 5.74) is 8.33. The van der Waals surface area contributed by atoms with Crippen molar-refractivity contribution in [1.29, 1.82) is 0 Å². The van der Waals surface area contributed by atoms with Crippen molar-refractivity contribution in [3.63, 3.8) is 0 Å². The summed E-state index contributed by atoms with van der Waals surface area (Å²) in [5, 5.41) is 8.10. The number of carbonyl (C=O) groups excluding carboxylic acids is 3. The molecule has 1 aliphatic heterocycles. The topological polar surface area (TPSA) is 117 Å². The van der Waals surface area contributed by atoms with Gasteiger partial charge in [-0.1, -0.05) is 12.1 Å². The number of hydrogen-bond donors (Lipinski definition) is 3. The predicted molar refractivity (Wildman–Crippen MR) is 162 cm³/mol. The van der Waals surface area contributed by atoms with Gasteiger partial charge in [0.05, 0.1) is 23.4 Å². The fraction of sp³-hybridized carbons (Fsp3) is 0.387. The van der Waals surface area contributed by atoms with Crippen molar-refractivity contribution >= 4 is 40.4 Å². The Kier molecular flexibility index (Phi) is 9.21. The Morgan fingerprint density at radius 2 is 1.71 bits per heavy atom. The first-order valence-electron chi connectivity index (χ1n) is 14.1. The van der Waals surface area contributed by atoms with Gasteiger partial charge >= 0.3 is 0 Å². The third-order valence-electron chi connectivity index (χ3n) is 7.80. The van der Waals surface area contributed by atoms with E-state index in [0.29, 0.717) is 48.7 Å². The minimum Gasteiger partial charge on any atom is -0.497 e. The van der Waals surface area contributed by atoms with Crippen LogP contribution in [0.3, 0.4) is 0 Å². The lowest BCUT2D eigenvalue weighted by Gasteiger charge is -2.28. The number of anilines is 2. The van der Waals surface area contributed by atoms with Crippen molar-refractivity contribution < 1.29 is 19.1 Å². The van der Waals surface area contributed by atoms with E-state index in [9.17, 15) is 14.4 Å². The van der Waals surface area contributed by atoms with Crippen LogP contribution in [0, 0.1) is 0 Å². The fourth-order valence-electron chi connectivity index (χ4n) is 5.46. The van der Waals surface area contributed by atoms with Crippen LogP contribution in [-0.2, 0) is 0 Å². The van der Waals surface area contributed by atoms with E-state index in [1.54, 1.807) is 43.5 Å². The smallest absolute Gasteiger partial charge is 0.263 e. The fourth-order valence-corrected chi connectivity index (χ4v) is 6.15. The zero-order chi connectivity index (χ0) is 28.8. The van der Waals surface area contributed by atoms with Gasteiger partial charge in [-0.05, 0) is 79.9 Å². The molecular weight excluding hydrogens is 538 g/mol. The van der Waals surface area contributed by atoms with Gasteiger partial charge in [0.25, 0.3) is 17.7 Å². The van der Waals surface area contributed by atoms with Gasteiger partial charge in [-0.3, -0.25) is 14.4 Å². The molecule has 9 nitrogen and oxygen atoms in total. The van der Waals surface area contributed by atoms with Crippen molar-refractivity contribution in [2.24, 2.45) is 5.73 Å². The summed E-state index contributed by atoms with van der Waals surface area (Å²) >= 11 is 1.45. The van der Waals surface area contributed by atoms with Gasteiger partial charge < -0.3 is 30.9 Å². The third kappa shape index (κ3) is 7.07. The van der Waals surface area contributed by atoms with Crippen LogP contribution in [0.4, 0.5) is 11.4 Å². The second kappa shape index (κ2) is 13.2. The van der Waals surface area contributed by atoms with E-state index in [2.05, 4.69) is 15.5 Å². The zero-order valence-corrected chi connectivity index (χ0v) is 24.1. The second-order valence-corrected chi connectivity index (χ2v) is 11.6. The molecule has 3 aromatic rings. The Morgan fingerprint density at radius 1 is 0.902 bits per heavy atom. The maximum Gasteiger partial charge on any atom is 0.263 e. The molecule has 5 rings (SSSR count). The van der Waals surface area contributed by atoms with Crippen molar-refractivity contribution in [3.05, 3.63) is 76.0 Å². The van der Waals surface area contributed by atoms with E-state index in [4.69, 9.17) is 10.5 Å². The van der Waals surface area contributed by atoms with Gasteiger partial charge in [0.2, 0.25) is 0 Å². The quantitative estimate of drug-likeness (QED) is 0.386. The number of benzene rings is 2. The van der Waals surface area contributed by atoms with E-state index >= 15 is 0 Å². The summed E-state index contributed by atoms with van der Waals surface area (Å²) in [6.45, 7) is 2.54. The highest BCUT2D eigenvalue weighted by atomic mass is 32.1. The molecule has 0 unspecified atom stereocenters. The molecule has 0 spiro atoms. The monoisotopic (exact) mass is 575 g/mol. The summed E-state index contributed by atoms with van der Waals surface area (Å²) in [4.78, 5) is 44.3. The first-order valence-corrected chi connectivity index (χ1v) is 15.0. The molecule has 2 aromatic carbocycles. The Bertz CT molecular complexity index is 1370. The molecule has 1 aliphatic carbocycles. The molecule has 2 aliphatic rings. The van der Waals surface area contributed by atoms with Crippen LogP contribution in [0.2, 0.25) is 0 Å². The van der Waals surface area contributed by atoms with Crippen LogP contribution >= 0.6 is 11.3 Å². The van der Waals surface area contributed by atoms with Crippen LogP contribution in [0.25, 0.3) is 0 Å². The van der Waals surface area contributed by atoms with Crippen molar-refractivity contribution in [2.75, 3.05) is 43.5 Å². The SMILES string of the molecule is COc1cccc(C(=O)Nc2cc(C(=O)NC3CCC(N)CC3)ccc2N2CCCN(C(=O)c3cccs3)CC2)c1. The first kappa shape index (κ1) is 28.6. The highest BCUT2D eigenvalue weighted by Crippen LogP contribution is 2.30. The van der Waals surface area contributed by atoms with Gasteiger partial charge in [0.1, 0.15) is 5.75 Å². The number of nitrogens with two attached hydrogens (primary N) is 1. The Morgan fingerprint density at radius 3 is 2.46 bits per heavy atom. The lowest BCUT2D eigenvalue weighted by atomic mass is 9.91. The number of thiophene rings is 1. The lowest BCUT2D eigenvalue weighted by Crippen LogP contribution is -2.40. The molecule has 3 amide bonds. The number of carbonyl (C=O) groups is 3. The second-order valence-electron chi connectivity index (χ2n) is 10.6. The number of methoxy groups -OCH3 is 1. The zero-order valence-electron chi connectivity index (χ0n) is 23.3. The number of nitrogens with zero attached hydrogens (tertiary/aromatic N) is 2. The molecular formula is C31H37N5O4S. The van der Waals surface area contributed by atoms with Gasteiger partial charge in [-0.25, -0.2) is 0 Å². The van der Waals surface area contributed by atoms with Crippen LogP contribution in [0.1, 0.15) is 62.5 Å². The summed E-state index contributed by atoms with van der Waals surface area (Å²) in [7, 11) is 1.56. The third-order valence-corrected chi connectivity index (χ3v) is 8.66. The molecule has 0 atom stereocenters. The summed E-state index contributed by atoms with van der Waals surface area (Å²) < 4.78 is 5.29. The van der Waals surface area contributed by atoms with Gasteiger partial charge in [-0.15, -0.1) is 11.3 Å². The molecule has 41 heavy (non-hydrogen) atoms. The van der Waals surface area contributed by atoms with Gasteiger partial charge in [0, 0.05) is 49.4 Å². The molecule has 0 bridgehead atoms. The standard InChI is InChI=1S/C31H37N5O4S/c1-40-25-6-2-5-21(19-25)30(38)34-26-20-22(29(37)33-24-11-9-23(32)10-12-24)8-13-27(26)35-14-4-15-36(17-16-35)31(39)28-7-3-18-41-28/h2-3,5-8,13,18-20,23-24H,4,9-12,14-17,32H2,1H3,(H,33,37)(H,34,38). The molecule has 10 heteroatoms. The molecule has 0 radical (unpaired) electrons. The summed E-state index contributed by atoms with van der Waals surface area (Å²) in [6.07, 6.45) is 4.30. The Balaban J connectivity index is 1.37. The van der Waals surface area contributed by atoms with E-state index in [1.165, 1.54) is 11.3 Å². The molecule has 4 N–H and O–H groups in total. The molecule has 216 valence electrons. The van der Waals surface area contributed by atoms with Crippen LogP contribution < -0.4 is 26.0 Å². The van der Waals surface area contributed by atoms with E-state index in [-0.39, 0.29) is 29.8 Å². The Labute approximate surface area is 244 Å². The molecule has 1 saturated carbocycles. The number of hydrogen-bond acceptors (Lipinski definition) is 7. The lowest BCUT2D eigenvalue weighted by molar-refractivity contribution is 0.0771. The molecule has 2 heterocycles. The maximum absolute atomic E-state index is 13.3. The highest BCUT2D eigenvalue weighted by molar-refractivity contribution is 7.12. The minimum absolute atomic E-state index is 0.0455. The predicted octanol–water partition coefficient (Wildman–Crippen LogP) is 4.36. The normalized spacial score (nSPS) is 19.3. The summed E-state index contributed by atoms with van der Waals surface area (Å²) in [5.74, 6) is 0.163. The molecule has 2 fully saturated rings. The first-order chi connectivity index (χ1) is 19.9. The van der Waals surface area contributed by atoms with Crippen LogP contribution in [-0.4, -0.2) is 68.0 Å².